The molecular formula is C46H80Br2N2O4. The molecular weight excluding hydrogens is 804 g/mol. The second-order valence-electron chi connectivity index (χ2n) is 15.4. The number of hydrogen-bond donors (Lipinski definition) is 1. The van der Waals surface area contributed by atoms with E-state index < -0.39 is 5.92 Å². The van der Waals surface area contributed by atoms with Crippen molar-refractivity contribution < 1.29 is 40.6 Å². The highest BCUT2D eigenvalue weighted by Gasteiger charge is 2.39. The number of esters is 2. The number of ether oxygens (including phenoxy) is 2. The van der Waals surface area contributed by atoms with Crippen LogP contribution in [0.4, 0.5) is 0 Å². The van der Waals surface area contributed by atoms with Gasteiger partial charge in [0.2, 0.25) is 0 Å². The van der Waals surface area contributed by atoms with Gasteiger partial charge >= 0.3 is 11.9 Å². The van der Waals surface area contributed by atoms with E-state index in [0.717, 1.165) is 62.0 Å². The maximum absolute atomic E-state index is 13.8. The molecule has 0 amide bonds. The van der Waals surface area contributed by atoms with Crippen molar-refractivity contribution in [2.24, 2.45) is 0 Å². The molecule has 1 aromatic heterocycles. The third-order valence-electron chi connectivity index (χ3n) is 10.6. The van der Waals surface area contributed by atoms with Crippen molar-refractivity contribution in [3.8, 4) is 0 Å². The number of carbonyl (C=O) groups is 2. The van der Waals surface area contributed by atoms with Crippen LogP contribution in [-0.2, 0) is 25.6 Å². The van der Waals surface area contributed by atoms with Crippen LogP contribution in [0, 0.1) is 0 Å². The van der Waals surface area contributed by atoms with Gasteiger partial charge in [-0.15, -0.1) is 17.0 Å². The van der Waals surface area contributed by atoms with Crippen LogP contribution in [0.5, 0.6) is 0 Å². The van der Waals surface area contributed by atoms with Gasteiger partial charge < -0.3 is 31.8 Å². The van der Waals surface area contributed by atoms with Crippen LogP contribution < -0.4 is 26.9 Å². The first-order valence-electron chi connectivity index (χ1n) is 22.0. The number of halogens is 2. The molecule has 0 radical (unpaired) electrons. The highest BCUT2D eigenvalue weighted by Crippen LogP contribution is 2.39. The van der Waals surface area contributed by atoms with Gasteiger partial charge in [0.1, 0.15) is 6.54 Å². The van der Waals surface area contributed by atoms with Gasteiger partial charge in [0, 0.05) is 29.4 Å². The summed E-state index contributed by atoms with van der Waals surface area (Å²) in [6.07, 6.45) is 36.6. The number of hydrogen-bond acceptors (Lipinski definition) is 5. The van der Waals surface area contributed by atoms with Crippen LogP contribution >= 0.6 is 17.0 Å². The summed E-state index contributed by atoms with van der Waals surface area (Å²) >= 11 is 0. The Kier molecular flexibility index (Phi) is 33.5. The fourth-order valence-corrected chi connectivity index (χ4v) is 7.43. The van der Waals surface area contributed by atoms with Crippen molar-refractivity contribution in [1.29, 1.82) is 0 Å². The number of nitrogens with one attached hydrogen (secondary N) is 1. The van der Waals surface area contributed by atoms with Gasteiger partial charge in [0.25, 0.3) is 0 Å². The Morgan fingerprint density at radius 1 is 0.574 bits per heavy atom. The van der Waals surface area contributed by atoms with Crippen LogP contribution in [-0.4, -0.2) is 25.2 Å². The summed E-state index contributed by atoms with van der Waals surface area (Å²) in [5, 5.41) is 3.34. The summed E-state index contributed by atoms with van der Waals surface area (Å²) in [5.74, 6) is -1.24. The predicted molar refractivity (Wildman–Crippen MR) is 227 cm³/mol. The van der Waals surface area contributed by atoms with E-state index in [2.05, 4.69) is 43.0 Å². The molecule has 1 aromatic rings. The quantitative estimate of drug-likeness (QED) is 0.0444. The monoisotopic (exact) mass is 882 g/mol. The predicted octanol–water partition coefficient (Wildman–Crippen LogP) is 10.1. The molecule has 0 aliphatic carbocycles. The highest BCUT2D eigenvalue weighted by atomic mass is 79.9. The number of rotatable bonds is 32. The Labute approximate surface area is 353 Å². The van der Waals surface area contributed by atoms with Crippen molar-refractivity contribution in [2.45, 2.75) is 214 Å². The average Bonchev–Trinajstić information content (AvgIpc) is 3.14. The Balaban J connectivity index is 0.0000140. The second-order valence-corrected chi connectivity index (χ2v) is 15.4. The molecule has 8 heteroatoms. The van der Waals surface area contributed by atoms with E-state index in [1.165, 1.54) is 128 Å². The number of pyridine rings is 1. The molecule has 2 rings (SSSR count). The van der Waals surface area contributed by atoms with Crippen LogP contribution in [0.15, 0.2) is 47.1 Å². The Morgan fingerprint density at radius 2 is 0.926 bits per heavy atom. The lowest BCUT2D eigenvalue weighted by Gasteiger charge is -2.30. The molecule has 6 nitrogen and oxygen atoms in total. The highest BCUT2D eigenvalue weighted by molar-refractivity contribution is 8.93. The van der Waals surface area contributed by atoms with Crippen molar-refractivity contribution in [3.05, 3.63) is 52.6 Å². The number of aryl methyl sites for hydroxylation is 1. The third kappa shape index (κ3) is 22.2. The molecule has 0 spiro atoms. The summed E-state index contributed by atoms with van der Waals surface area (Å²) in [6.45, 7) is 12.2. The van der Waals surface area contributed by atoms with Crippen molar-refractivity contribution in [1.82, 2.24) is 5.32 Å². The normalized spacial score (nSPS) is 13.0. The van der Waals surface area contributed by atoms with E-state index in [4.69, 9.17) is 9.47 Å². The van der Waals surface area contributed by atoms with Gasteiger partial charge in [-0.1, -0.05) is 168 Å². The van der Waals surface area contributed by atoms with E-state index in [1.807, 2.05) is 26.0 Å². The first kappa shape index (κ1) is 52.3. The number of nitrogens with zero attached hydrogens (tertiary/aromatic N) is 1. The van der Waals surface area contributed by atoms with Crippen LogP contribution in [0.3, 0.4) is 0 Å². The average molecular weight is 885 g/mol. The maximum atomic E-state index is 13.8. The van der Waals surface area contributed by atoms with E-state index in [1.54, 1.807) is 0 Å². The fourth-order valence-electron chi connectivity index (χ4n) is 7.43. The molecule has 0 unspecified atom stereocenters. The molecule has 0 bridgehead atoms. The fraction of sp³-hybridized carbons (Fsp3) is 0.761. The van der Waals surface area contributed by atoms with Crippen molar-refractivity contribution in [3.63, 3.8) is 0 Å². The second kappa shape index (κ2) is 34.6. The molecule has 2 heterocycles. The van der Waals surface area contributed by atoms with Gasteiger partial charge in [0.05, 0.1) is 30.3 Å². The van der Waals surface area contributed by atoms with Crippen molar-refractivity contribution >= 4 is 28.9 Å². The molecule has 0 aromatic carbocycles. The number of allylic oxidation sites excluding steroid dienone is 2. The van der Waals surface area contributed by atoms with Crippen LogP contribution in [0.1, 0.15) is 213 Å². The zero-order valence-electron chi connectivity index (χ0n) is 35.3. The van der Waals surface area contributed by atoms with Gasteiger partial charge in [-0.3, -0.25) is 0 Å². The van der Waals surface area contributed by atoms with E-state index in [-0.39, 0.29) is 45.9 Å². The number of carbonyl (C=O) groups excluding carboxylic acids is 2. The summed E-state index contributed by atoms with van der Waals surface area (Å²) < 4.78 is 14.0. The minimum Gasteiger partial charge on any atom is -1.00 e. The molecule has 1 aliphatic heterocycles. The molecule has 54 heavy (non-hydrogen) atoms. The van der Waals surface area contributed by atoms with Crippen molar-refractivity contribution in [2.75, 3.05) is 13.2 Å². The molecule has 1 aliphatic rings. The lowest BCUT2D eigenvalue weighted by molar-refractivity contribution is -0.697. The molecule has 312 valence electrons. The number of unbranched alkanes of at least 4 members (excludes halogenated alkanes) is 23. The lowest BCUT2D eigenvalue weighted by Crippen LogP contribution is -3.00. The summed E-state index contributed by atoms with van der Waals surface area (Å²) in [7, 11) is 0. The molecule has 0 atom stereocenters. The van der Waals surface area contributed by atoms with Gasteiger partial charge in [-0.25, -0.2) is 14.2 Å². The van der Waals surface area contributed by atoms with Crippen LogP contribution in [0.25, 0.3) is 0 Å². The van der Waals surface area contributed by atoms with Gasteiger partial charge in [0.15, 0.2) is 12.4 Å². The smallest absolute Gasteiger partial charge is 0.336 e. The first-order chi connectivity index (χ1) is 25.4. The third-order valence-corrected chi connectivity index (χ3v) is 10.6. The molecule has 0 saturated heterocycles. The summed E-state index contributed by atoms with van der Waals surface area (Å²) in [4.78, 5) is 27.6. The molecule has 0 saturated carbocycles. The Hall–Kier alpha value is -1.67. The minimum atomic E-state index is -0.542. The minimum absolute atomic E-state index is 0. The zero-order chi connectivity index (χ0) is 37.7. The summed E-state index contributed by atoms with van der Waals surface area (Å²) in [6, 6.07) is 4.04. The lowest BCUT2D eigenvalue weighted by atomic mass is 9.81. The van der Waals surface area contributed by atoms with Gasteiger partial charge in [-0.2, -0.15) is 0 Å². The van der Waals surface area contributed by atoms with Crippen LogP contribution in [0.2, 0.25) is 0 Å². The standard InChI is InChI=1S/C46H78N2O4.2BrH/c1-6-9-12-14-16-18-20-22-24-26-28-30-36-51-45(49)42-39(4)47-40(5)43(44(42)41-33-32-35-48(38-41)34-11-8-3)46(50)52-37-31-29-27-25-23-21-19-17-15-13-10-7-2;;/h32-33,35,38,44H,6-31,34,36-37H2,1-5H3;2*1H. The molecule has 1 N–H and O–H groups in total. The maximum Gasteiger partial charge on any atom is 0.336 e. The number of dihydropyridines is 1. The summed E-state index contributed by atoms with van der Waals surface area (Å²) in [5.41, 5.74) is 3.41. The SMILES string of the molecule is Br.CCCCCCCCCCCCCCOC(=O)C1=C(C)NC(C)=C(C(=O)OCCCCCCCCCCCCCC)C1c1ccc[n+](CCCC)c1.[Br-]. The Bertz CT molecular complexity index is 1120. The number of aromatic nitrogens is 1. The largest absolute Gasteiger partial charge is 1.00 e. The van der Waals surface area contributed by atoms with Gasteiger partial charge in [-0.05, 0) is 32.8 Å². The van der Waals surface area contributed by atoms with E-state index in [0.29, 0.717) is 24.4 Å². The van der Waals surface area contributed by atoms with E-state index >= 15 is 0 Å². The topological polar surface area (TPSA) is 68.5 Å². The Morgan fingerprint density at radius 3 is 1.30 bits per heavy atom. The first-order valence-corrected chi connectivity index (χ1v) is 22.0. The zero-order valence-corrected chi connectivity index (χ0v) is 38.6. The molecule has 0 fully saturated rings. The van der Waals surface area contributed by atoms with E-state index in [9.17, 15) is 9.59 Å².